The van der Waals surface area contributed by atoms with E-state index >= 15 is 0 Å². The third-order valence-electron chi connectivity index (χ3n) is 3.32. The second kappa shape index (κ2) is 7.41. The minimum absolute atomic E-state index is 0.174. The number of hydrogen-bond donors (Lipinski definition) is 2. The predicted molar refractivity (Wildman–Crippen MR) is 91.2 cm³/mol. The normalized spacial score (nSPS) is 11.1. The van der Waals surface area contributed by atoms with Gasteiger partial charge < -0.3 is 5.32 Å². The Labute approximate surface area is 131 Å². The first-order valence-corrected chi connectivity index (χ1v) is 7.25. The first-order valence-electron chi connectivity index (χ1n) is 7.25. The van der Waals surface area contributed by atoms with Gasteiger partial charge in [0.1, 0.15) is 0 Å². The summed E-state index contributed by atoms with van der Waals surface area (Å²) in [4.78, 5) is 11.8. The first kappa shape index (κ1) is 15.8. The van der Waals surface area contributed by atoms with Gasteiger partial charge in [0.2, 0.25) is 0 Å². The molecule has 0 spiro atoms. The summed E-state index contributed by atoms with van der Waals surface area (Å²) in [5, 5.41) is 7.19. The molecular formula is C18H21N3O. The molecule has 0 bridgehead atoms. The molecule has 2 N–H and O–H groups in total. The summed E-state index contributed by atoms with van der Waals surface area (Å²) in [6.07, 6.45) is 0. The lowest BCUT2D eigenvalue weighted by molar-refractivity contribution is -0.119. The van der Waals surface area contributed by atoms with Crippen LogP contribution in [0.3, 0.4) is 0 Å². The minimum atomic E-state index is -0.174. The van der Waals surface area contributed by atoms with E-state index in [1.165, 1.54) is 11.1 Å². The Bertz CT molecular complexity index is 658. The Morgan fingerprint density at radius 3 is 2.09 bits per heavy atom. The van der Waals surface area contributed by atoms with E-state index in [1.54, 1.807) is 0 Å². The highest BCUT2D eigenvalue weighted by Crippen LogP contribution is 2.07. The molecule has 2 rings (SSSR count). The molecule has 0 aliphatic heterocycles. The van der Waals surface area contributed by atoms with Gasteiger partial charge >= 0.3 is 0 Å². The monoisotopic (exact) mass is 295 g/mol. The van der Waals surface area contributed by atoms with Crippen molar-refractivity contribution in [1.29, 1.82) is 0 Å². The number of anilines is 1. The molecule has 0 fully saturated rings. The van der Waals surface area contributed by atoms with Crippen LogP contribution >= 0.6 is 0 Å². The van der Waals surface area contributed by atoms with Crippen molar-refractivity contribution in [2.45, 2.75) is 20.8 Å². The predicted octanol–water partition coefficient (Wildman–Crippen LogP) is 3.26. The molecule has 0 radical (unpaired) electrons. The van der Waals surface area contributed by atoms with E-state index in [0.29, 0.717) is 0 Å². The molecule has 2 aromatic carbocycles. The van der Waals surface area contributed by atoms with Crippen molar-refractivity contribution in [1.82, 2.24) is 5.43 Å². The van der Waals surface area contributed by atoms with Crippen LogP contribution in [0.5, 0.6) is 0 Å². The maximum atomic E-state index is 11.8. The lowest BCUT2D eigenvalue weighted by Gasteiger charge is -2.06. The Morgan fingerprint density at radius 2 is 1.50 bits per heavy atom. The van der Waals surface area contributed by atoms with Gasteiger partial charge in [-0.1, -0.05) is 47.5 Å². The van der Waals surface area contributed by atoms with Crippen LogP contribution in [0.1, 0.15) is 23.6 Å². The zero-order valence-corrected chi connectivity index (χ0v) is 13.2. The van der Waals surface area contributed by atoms with Crippen molar-refractivity contribution in [2.24, 2.45) is 5.10 Å². The van der Waals surface area contributed by atoms with Gasteiger partial charge in [0.25, 0.3) is 5.91 Å². The van der Waals surface area contributed by atoms with Crippen LogP contribution < -0.4 is 10.7 Å². The van der Waals surface area contributed by atoms with E-state index in [-0.39, 0.29) is 12.5 Å². The number of nitrogens with one attached hydrogen (secondary N) is 2. The maximum absolute atomic E-state index is 11.8. The molecular weight excluding hydrogens is 274 g/mol. The van der Waals surface area contributed by atoms with Crippen molar-refractivity contribution in [2.75, 3.05) is 11.9 Å². The van der Waals surface area contributed by atoms with Crippen molar-refractivity contribution >= 4 is 17.3 Å². The summed E-state index contributed by atoms with van der Waals surface area (Å²) in [6.45, 7) is 6.12. The molecule has 0 saturated heterocycles. The van der Waals surface area contributed by atoms with Crippen LogP contribution in [0, 0.1) is 13.8 Å². The first-order chi connectivity index (χ1) is 10.5. The SMILES string of the molecule is C/C(=N/NC(=O)CNc1ccc(C)cc1)c1ccc(C)cc1. The van der Waals surface area contributed by atoms with Gasteiger partial charge in [-0.2, -0.15) is 5.10 Å². The molecule has 4 nitrogen and oxygen atoms in total. The molecule has 0 aliphatic rings. The highest BCUT2D eigenvalue weighted by atomic mass is 16.2. The summed E-state index contributed by atoms with van der Waals surface area (Å²) >= 11 is 0. The van der Waals surface area contributed by atoms with E-state index in [0.717, 1.165) is 17.0 Å². The standard InChI is InChI=1S/C18H21N3O/c1-13-4-8-16(9-5-13)15(3)20-21-18(22)12-19-17-10-6-14(2)7-11-17/h4-11,19H,12H2,1-3H3,(H,21,22)/b20-15-. The fourth-order valence-electron chi connectivity index (χ4n) is 1.90. The zero-order chi connectivity index (χ0) is 15.9. The minimum Gasteiger partial charge on any atom is -0.376 e. The molecule has 0 unspecified atom stereocenters. The van der Waals surface area contributed by atoms with Gasteiger partial charge in [0.05, 0.1) is 12.3 Å². The lowest BCUT2D eigenvalue weighted by Crippen LogP contribution is -2.26. The van der Waals surface area contributed by atoms with Gasteiger partial charge in [-0.15, -0.1) is 0 Å². The van der Waals surface area contributed by atoms with E-state index in [1.807, 2.05) is 69.3 Å². The fourth-order valence-corrected chi connectivity index (χ4v) is 1.90. The summed E-state index contributed by atoms with van der Waals surface area (Å²) in [7, 11) is 0. The molecule has 0 heterocycles. The molecule has 1 amide bonds. The molecule has 0 aromatic heterocycles. The number of aryl methyl sites for hydroxylation is 2. The maximum Gasteiger partial charge on any atom is 0.259 e. The van der Waals surface area contributed by atoms with E-state index in [2.05, 4.69) is 15.8 Å². The van der Waals surface area contributed by atoms with Crippen molar-refractivity contribution in [3.8, 4) is 0 Å². The smallest absolute Gasteiger partial charge is 0.259 e. The van der Waals surface area contributed by atoms with E-state index in [9.17, 15) is 4.79 Å². The lowest BCUT2D eigenvalue weighted by atomic mass is 10.1. The number of carbonyl (C=O) groups is 1. The van der Waals surface area contributed by atoms with Gasteiger partial charge in [0, 0.05) is 5.69 Å². The second-order valence-electron chi connectivity index (χ2n) is 5.32. The molecule has 0 saturated carbocycles. The number of hydrazone groups is 1. The average Bonchev–Trinajstić information content (AvgIpc) is 2.52. The third kappa shape index (κ3) is 4.74. The van der Waals surface area contributed by atoms with Crippen molar-refractivity contribution in [3.63, 3.8) is 0 Å². The van der Waals surface area contributed by atoms with Gasteiger partial charge in [-0.3, -0.25) is 4.79 Å². The summed E-state index contributed by atoms with van der Waals surface area (Å²) in [6, 6.07) is 15.9. The molecule has 4 heteroatoms. The largest absolute Gasteiger partial charge is 0.376 e. The number of rotatable bonds is 5. The number of carbonyl (C=O) groups excluding carboxylic acids is 1. The van der Waals surface area contributed by atoms with Crippen molar-refractivity contribution < 1.29 is 4.79 Å². The molecule has 114 valence electrons. The van der Waals surface area contributed by atoms with Crippen LogP contribution in [-0.2, 0) is 4.79 Å². The van der Waals surface area contributed by atoms with E-state index < -0.39 is 0 Å². The molecule has 22 heavy (non-hydrogen) atoms. The fraction of sp³-hybridized carbons (Fsp3) is 0.222. The summed E-state index contributed by atoms with van der Waals surface area (Å²) in [5.41, 5.74) is 7.64. The highest BCUT2D eigenvalue weighted by molar-refractivity contribution is 5.99. The van der Waals surface area contributed by atoms with Gasteiger partial charge in [0.15, 0.2) is 0 Å². The van der Waals surface area contributed by atoms with Crippen LogP contribution in [0.15, 0.2) is 53.6 Å². The molecule has 2 aromatic rings. The Balaban J connectivity index is 1.85. The van der Waals surface area contributed by atoms with Crippen LogP contribution in [-0.4, -0.2) is 18.2 Å². The number of amides is 1. The van der Waals surface area contributed by atoms with Gasteiger partial charge in [-0.25, -0.2) is 5.43 Å². The molecule has 0 aliphatic carbocycles. The number of benzene rings is 2. The van der Waals surface area contributed by atoms with Crippen LogP contribution in [0.4, 0.5) is 5.69 Å². The van der Waals surface area contributed by atoms with Crippen molar-refractivity contribution in [3.05, 3.63) is 65.2 Å². The second-order valence-corrected chi connectivity index (χ2v) is 5.32. The third-order valence-corrected chi connectivity index (χ3v) is 3.32. The van der Waals surface area contributed by atoms with Gasteiger partial charge in [-0.05, 0) is 38.5 Å². The number of nitrogens with zero attached hydrogens (tertiary/aromatic N) is 1. The highest BCUT2D eigenvalue weighted by Gasteiger charge is 2.01. The van der Waals surface area contributed by atoms with E-state index in [4.69, 9.17) is 0 Å². The summed E-state index contributed by atoms with van der Waals surface area (Å²) in [5.74, 6) is -0.174. The Kier molecular flexibility index (Phi) is 5.31. The topological polar surface area (TPSA) is 53.5 Å². The Morgan fingerprint density at radius 1 is 0.955 bits per heavy atom. The van der Waals surface area contributed by atoms with Crippen LogP contribution in [0.2, 0.25) is 0 Å². The average molecular weight is 295 g/mol. The quantitative estimate of drug-likeness (QED) is 0.657. The van der Waals surface area contributed by atoms with Crippen LogP contribution in [0.25, 0.3) is 0 Å². The summed E-state index contributed by atoms with van der Waals surface area (Å²) < 4.78 is 0. The molecule has 0 atom stereocenters. The zero-order valence-electron chi connectivity index (χ0n) is 13.2. The number of hydrogen-bond acceptors (Lipinski definition) is 3. The Hall–Kier alpha value is -2.62.